The predicted molar refractivity (Wildman–Crippen MR) is 67.3 cm³/mol. The molecular formula is C12H9ClF3N3O2. The Morgan fingerprint density at radius 2 is 2.10 bits per heavy atom. The Morgan fingerprint density at radius 1 is 1.43 bits per heavy atom. The highest BCUT2D eigenvalue weighted by molar-refractivity contribution is 6.31. The summed E-state index contributed by atoms with van der Waals surface area (Å²) in [5.41, 5.74) is -1.31. The SMILES string of the molecule is Cc1ccc(Cn2nnc(C(=O)O)c2C(F)(F)F)c(Cl)c1. The number of carboxylic acid groups (broad SMARTS) is 1. The lowest BCUT2D eigenvalue weighted by molar-refractivity contribution is -0.144. The third-order valence-corrected chi connectivity index (χ3v) is 3.09. The Hall–Kier alpha value is -2.09. The molecule has 2 aromatic rings. The molecule has 0 bridgehead atoms. The van der Waals surface area contributed by atoms with Gasteiger partial charge in [0.1, 0.15) is 0 Å². The summed E-state index contributed by atoms with van der Waals surface area (Å²) in [7, 11) is 0. The number of halogens is 4. The number of alkyl halides is 3. The fourth-order valence-electron chi connectivity index (χ4n) is 1.79. The summed E-state index contributed by atoms with van der Waals surface area (Å²) in [5.74, 6) is -1.79. The van der Waals surface area contributed by atoms with E-state index in [1.807, 2.05) is 0 Å². The highest BCUT2D eigenvalue weighted by atomic mass is 35.5. The Bertz CT molecular complexity index is 698. The minimum absolute atomic E-state index is 0.274. The number of hydrogen-bond acceptors (Lipinski definition) is 3. The van der Waals surface area contributed by atoms with E-state index in [0.717, 1.165) is 5.56 Å². The van der Waals surface area contributed by atoms with Crippen LogP contribution in [-0.2, 0) is 12.7 Å². The van der Waals surface area contributed by atoms with Gasteiger partial charge in [-0.2, -0.15) is 13.2 Å². The number of carbonyl (C=O) groups is 1. The van der Waals surface area contributed by atoms with Crippen molar-refractivity contribution in [3.63, 3.8) is 0 Å². The number of aromatic nitrogens is 3. The first kappa shape index (κ1) is 15.3. The van der Waals surface area contributed by atoms with E-state index >= 15 is 0 Å². The molecule has 0 aliphatic rings. The summed E-state index contributed by atoms with van der Waals surface area (Å²) in [5, 5.41) is 15.4. The van der Waals surface area contributed by atoms with Gasteiger partial charge < -0.3 is 5.11 Å². The number of rotatable bonds is 3. The first-order valence-electron chi connectivity index (χ1n) is 5.69. The van der Waals surface area contributed by atoms with Crippen molar-refractivity contribution >= 4 is 17.6 Å². The molecule has 0 aliphatic carbocycles. The smallest absolute Gasteiger partial charge is 0.435 e. The van der Waals surface area contributed by atoms with Gasteiger partial charge in [-0.1, -0.05) is 28.9 Å². The number of hydrogen-bond donors (Lipinski definition) is 1. The molecule has 1 N–H and O–H groups in total. The highest BCUT2D eigenvalue weighted by Crippen LogP contribution is 2.32. The monoisotopic (exact) mass is 319 g/mol. The van der Waals surface area contributed by atoms with E-state index in [9.17, 15) is 18.0 Å². The van der Waals surface area contributed by atoms with E-state index in [1.165, 1.54) is 0 Å². The van der Waals surface area contributed by atoms with Crippen molar-refractivity contribution in [3.8, 4) is 0 Å². The Morgan fingerprint density at radius 3 is 2.62 bits per heavy atom. The predicted octanol–water partition coefficient (Wildman–Crippen LogP) is 3.01. The molecule has 0 fully saturated rings. The van der Waals surface area contributed by atoms with Gasteiger partial charge in [0.15, 0.2) is 5.69 Å². The van der Waals surface area contributed by atoms with Crippen LogP contribution in [0.3, 0.4) is 0 Å². The van der Waals surface area contributed by atoms with Gasteiger partial charge >= 0.3 is 12.1 Å². The van der Waals surface area contributed by atoms with Gasteiger partial charge in [-0.3, -0.25) is 0 Å². The lowest BCUT2D eigenvalue weighted by atomic mass is 10.1. The number of aryl methyl sites for hydroxylation is 1. The van der Waals surface area contributed by atoms with Gasteiger partial charge in [0, 0.05) is 5.02 Å². The van der Waals surface area contributed by atoms with E-state index in [2.05, 4.69) is 10.3 Å². The second-order valence-electron chi connectivity index (χ2n) is 4.34. The summed E-state index contributed by atoms with van der Waals surface area (Å²) >= 11 is 5.96. The molecule has 1 aromatic carbocycles. The van der Waals surface area contributed by atoms with E-state index in [1.54, 1.807) is 25.1 Å². The Kier molecular flexibility index (Phi) is 3.91. The zero-order valence-electron chi connectivity index (χ0n) is 10.6. The average molecular weight is 320 g/mol. The average Bonchev–Trinajstić information content (AvgIpc) is 2.76. The third kappa shape index (κ3) is 3.15. The molecule has 2 rings (SSSR count). The van der Waals surface area contributed by atoms with Crippen LogP contribution in [0.2, 0.25) is 5.02 Å². The summed E-state index contributed by atoms with van der Waals surface area (Å²) in [6.45, 7) is 1.46. The molecule has 9 heteroatoms. The fraction of sp³-hybridized carbons (Fsp3) is 0.250. The third-order valence-electron chi connectivity index (χ3n) is 2.73. The Labute approximate surface area is 121 Å². The lowest BCUT2D eigenvalue weighted by Gasteiger charge is -2.11. The van der Waals surface area contributed by atoms with Crippen molar-refractivity contribution in [2.24, 2.45) is 0 Å². The molecule has 1 aromatic heterocycles. The van der Waals surface area contributed by atoms with Crippen LogP contribution < -0.4 is 0 Å². The zero-order chi connectivity index (χ0) is 15.8. The first-order chi connectivity index (χ1) is 9.70. The van der Waals surface area contributed by atoms with Crippen molar-refractivity contribution < 1.29 is 23.1 Å². The minimum Gasteiger partial charge on any atom is -0.476 e. The maximum absolute atomic E-state index is 13.0. The molecular weight excluding hydrogens is 311 g/mol. The zero-order valence-corrected chi connectivity index (χ0v) is 11.4. The number of carboxylic acids is 1. The van der Waals surface area contributed by atoms with Crippen LogP contribution in [0.5, 0.6) is 0 Å². The van der Waals surface area contributed by atoms with Gasteiger partial charge in [-0.05, 0) is 24.1 Å². The second kappa shape index (κ2) is 5.36. The van der Waals surface area contributed by atoms with E-state index in [0.29, 0.717) is 10.2 Å². The molecule has 0 amide bonds. The van der Waals surface area contributed by atoms with Crippen LogP contribution >= 0.6 is 11.6 Å². The van der Waals surface area contributed by atoms with Crippen LogP contribution in [0.25, 0.3) is 0 Å². The standard InChI is InChI=1S/C12H9ClF3N3O2/c1-6-2-3-7(8(13)4-6)5-19-10(12(14,15)16)9(11(20)21)17-18-19/h2-4H,5H2,1H3,(H,20,21). The number of aromatic carboxylic acids is 1. The number of nitrogens with zero attached hydrogens (tertiary/aromatic N) is 3. The van der Waals surface area contributed by atoms with Crippen LogP contribution in [0.15, 0.2) is 18.2 Å². The normalized spacial score (nSPS) is 11.7. The van der Waals surface area contributed by atoms with Crippen molar-refractivity contribution in [2.75, 3.05) is 0 Å². The maximum atomic E-state index is 13.0. The van der Waals surface area contributed by atoms with Gasteiger partial charge in [0.25, 0.3) is 0 Å². The van der Waals surface area contributed by atoms with Gasteiger partial charge in [0.05, 0.1) is 6.54 Å². The van der Waals surface area contributed by atoms with E-state index < -0.39 is 23.5 Å². The molecule has 0 radical (unpaired) electrons. The van der Waals surface area contributed by atoms with Crippen LogP contribution in [0, 0.1) is 6.92 Å². The summed E-state index contributed by atoms with van der Waals surface area (Å²) < 4.78 is 39.4. The van der Waals surface area contributed by atoms with Crippen molar-refractivity contribution in [1.29, 1.82) is 0 Å². The van der Waals surface area contributed by atoms with Gasteiger partial charge in [-0.25, -0.2) is 9.48 Å². The van der Waals surface area contributed by atoms with E-state index in [4.69, 9.17) is 16.7 Å². The molecule has 0 aliphatic heterocycles. The quantitative estimate of drug-likeness (QED) is 0.944. The molecule has 0 atom stereocenters. The van der Waals surface area contributed by atoms with Crippen molar-refractivity contribution in [3.05, 3.63) is 45.7 Å². The first-order valence-corrected chi connectivity index (χ1v) is 6.07. The van der Waals surface area contributed by atoms with Crippen LogP contribution in [-0.4, -0.2) is 26.1 Å². The molecule has 0 saturated heterocycles. The van der Waals surface area contributed by atoms with Gasteiger partial charge in [-0.15, -0.1) is 5.10 Å². The van der Waals surface area contributed by atoms with Crippen molar-refractivity contribution in [2.45, 2.75) is 19.6 Å². The largest absolute Gasteiger partial charge is 0.476 e. The second-order valence-corrected chi connectivity index (χ2v) is 4.75. The van der Waals surface area contributed by atoms with Gasteiger partial charge in [0.2, 0.25) is 5.69 Å². The molecule has 21 heavy (non-hydrogen) atoms. The summed E-state index contributed by atoms with van der Waals surface area (Å²) in [6, 6.07) is 4.84. The highest BCUT2D eigenvalue weighted by Gasteiger charge is 2.41. The summed E-state index contributed by atoms with van der Waals surface area (Å²) in [6.07, 6.45) is -4.88. The minimum atomic E-state index is -4.88. The maximum Gasteiger partial charge on any atom is 0.435 e. The lowest BCUT2D eigenvalue weighted by Crippen LogP contribution is -2.19. The molecule has 0 unspecified atom stereocenters. The molecule has 112 valence electrons. The molecule has 0 spiro atoms. The molecule has 1 heterocycles. The van der Waals surface area contributed by atoms with Crippen LogP contribution in [0.1, 0.15) is 27.3 Å². The number of benzene rings is 1. The van der Waals surface area contributed by atoms with Crippen LogP contribution in [0.4, 0.5) is 13.2 Å². The topological polar surface area (TPSA) is 68.0 Å². The molecule has 5 nitrogen and oxygen atoms in total. The fourth-order valence-corrected chi connectivity index (χ4v) is 2.09. The van der Waals surface area contributed by atoms with E-state index in [-0.39, 0.29) is 11.6 Å². The Balaban J connectivity index is 2.47. The van der Waals surface area contributed by atoms with Crippen molar-refractivity contribution in [1.82, 2.24) is 15.0 Å². The molecule has 0 saturated carbocycles. The summed E-state index contributed by atoms with van der Waals surface area (Å²) in [4.78, 5) is 10.8.